The zero-order valence-electron chi connectivity index (χ0n) is 8.71. The summed E-state index contributed by atoms with van der Waals surface area (Å²) in [5, 5.41) is 0. The Bertz CT molecular complexity index is 276. The molecule has 0 radical (unpaired) electrons. The van der Waals surface area contributed by atoms with E-state index in [4.69, 9.17) is 0 Å². The molecule has 0 unspecified atom stereocenters. The molecule has 0 aliphatic heterocycles. The lowest BCUT2D eigenvalue weighted by Crippen LogP contribution is -2.41. The van der Waals surface area contributed by atoms with Crippen molar-refractivity contribution in [2.24, 2.45) is 0 Å². The SMILES string of the molecule is C=CCN(CC(F)(F)F)C(=O)COC(C)=O. The third-order valence-corrected chi connectivity index (χ3v) is 1.47. The summed E-state index contributed by atoms with van der Waals surface area (Å²) in [6, 6.07) is 0. The van der Waals surface area contributed by atoms with Crippen LogP contribution in [0, 0.1) is 0 Å². The molecule has 0 spiro atoms. The third-order valence-electron chi connectivity index (χ3n) is 1.47. The molecule has 0 aromatic heterocycles. The van der Waals surface area contributed by atoms with Gasteiger partial charge in [-0.2, -0.15) is 13.2 Å². The first-order valence-corrected chi connectivity index (χ1v) is 4.35. The number of alkyl halides is 3. The molecule has 7 heteroatoms. The number of halogens is 3. The summed E-state index contributed by atoms with van der Waals surface area (Å²) >= 11 is 0. The van der Waals surface area contributed by atoms with Crippen LogP contribution in [-0.2, 0) is 14.3 Å². The van der Waals surface area contributed by atoms with Gasteiger partial charge in [-0.15, -0.1) is 6.58 Å². The molecular weight excluding hydrogens is 227 g/mol. The molecule has 0 atom stereocenters. The smallest absolute Gasteiger partial charge is 0.406 e. The zero-order valence-corrected chi connectivity index (χ0v) is 8.71. The summed E-state index contributed by atoms with van der Waals surface area (Å²) in [6.45, 7) is 1.97. The fraction of sp³-hybridized carbons (Fsp3) is 0.556. The molecule has 1 amide bonds. The fourth-order valence-corrected chi connectivity index (χ4v) is 0.881. The number of hydrogen-bond donors (Lipinski definition) is 0. The van der Waals surface area contributed by atoms with E-state index in [1.54, 1.807) is 0 Å². The fourth-order valence-electron chi connectivity index (χ4n) is 0.881. The maximum absolute atomic E-state index is 12.1. The average Bonchev–Trinajstić information content (AvgIpc) is 2.11. The van der Waals surface area contributed by atoms with Crippen molar-refractivity contribution < 1.29 is 27.5 Å². The predicted octanol–water partition coefficient (Wildman–Crippen LogP) is 1.13. The molecule has 0 bridgehead atoms. The van der Waals surface area contributed by atoms with Gasteiger partial charge in [-0.25, -0.2) is 0 Å². The first kappa shape index (κ1) is 14.5. The van der Waals surface area contributed by atoms with Gasteiger partial charge in [0.15, 0.2) is 6.61 Å². The quantitative estimate of drug-likeness (QED) is 0.533. The van der Waals surface area contributed by atoms with Gasteiger partial charge < -0.3 is 9.64 Å². The molecule has 0 saturated carbocycles. The predicted molar refractivity (Wildman–Crippen MR) is 49.5 cm³/mol. The molecule has 16 heavy (non-hydrogen) atoms. The maximum Gasteiger partial charge on any atom is 0.406 e. The molecule has 4 nitrogen and oxygen atoms in total. The van der Waals surface area contributed by atoms with Crippen molar-refractivity contribution in [2.45, 2.75) is 13.1 Å². The molecule has 0 aliphatic carbocycles. The molecule has 0 aromatic rings. The number of carbonyl (C=O) groups is 2. The Hall–Kier alpha value is -1.53. The second kappa shape index (κ2) is 6.14. The van der Waals surface area contributed by atoms with E-state index in [0.29, 0.717) is 4.90 Å². The highest BCUT2D eigenvalue weighted by Gasteiger charge is 2.32. The Balaban J connectivity index is 4.34. The summed E-state index contributed by atoms with van der Waals surface area (Å²) in [5.74, 6) is -1.63. The van der Waals surface area contributed by atoms with Gasteiger partial charge in [-0.3, -0.25) is 9.59 Å². The summed E-state index contributed by atoms with van der Waals surface area (Å²) in [4.78, 5) is 22.1. The Morgan fingerprint density at radius 2 is 2.00 bits per heavy atom. The van der Waals surface area contributed by atoms with Crippen LogP contribution >= 0.6 is 0 Å². The molecule has 0 aliphatic rings. The lowest BCUT2D eigenvalue weighted by atomic mass is 10.4. The highest BCUT2D eigenvalue weighted by molar-refractivity contribution is 5.80. The van der Waals surface area contributed by atoms with E-state index < -0.39 is 31.2 Å². The first-order valence-electron chi connectivity index (χ1n) is 4.35. The lowest BCUT2D eigenvalue weighted by molar-refractivity contribution is -0.165. The number of hydrogen-bond acceptors (Lipinski definition) is 3. The Labute approximate surface area is 90.7 Å². The largest absolute Gasteiger partial charge is 0.456 e. The van der Waals surface area contributed by atoms with Crippen molar-refractivity contribution in [1.82, 2.24) is 4.90 Å². The Morgan fingerprint density at radius 3 is 2.38 bits per heavy atom. The van der Waals surface area contributed by atoms with Gasteiger partial charge in [-0.05, 0) is 0 Å². The zero-order chi connectivity index (χ0) is 12.8. The van der Waals surface area contributed by atoms with Crippen molar-refractivity contribution in [3.63, 3.8) is 0 Å². The topological polar surface area (TPSA) is 46.6 Å². The van der Waals surface area contributed by atoms with E-state index in [1.165, 1.54) is 0 Å². The van der Waals surface area contributed by atoms with Crippen LogP contribution in [0.3, 0.4) is 0 Å². The third kappa shape index (κ3) is 6.86. The second-order valence-electron chi connectivity index (χ2n) is 2.96. The van der Waals surface area contributed by atoms with Crippen LogP contribution in [0.2, 0.25) is 0 Å². The van der Waals surface area contributed by atoms with Crippen molar-refractivity contribution in [3.05, 3.63) is 12.7 Å². The Kier molecular flexibility index (Phi) is 5.55. The van der Waals surface area contributed by atoms with Gasteiger partial charge in [0.1, 0.15) is 6.54 Å². The van der Waals surface area contributed by atoms with Crippen LogP contribution < -0.4 is 0 Å². The van der Waals surface area contributed by atoms with Gasteiger partial charge in [0.2, 0.25) is 0 Å². The van der Waals surface area contributed by atoms with Crippen molar-refractivity contribution in [3.8, 4) is 0 Å². The summed E-state index contributed by atoms with van der Waals surface area (Å²) in [6.07, 6.45) is -3.33. The number of rotatable bonds is 5. The molecule has 0 aromatic carbocycles. The lowest BCUT2D eigenvalue weighted by Gasteiger charge is -2.22. The van der Waals surface area contributed by atoms with Crippen LogP contribution in [0.25, 0.3) is 0 Å². The standard InChI is InChI=1S/C9H12F3NO3/c1-3-4-13(6-9(10,11)12)8(15)5-16-7(2)14/h3H,1,4-6H2,2H3. The summed E-state index contributed by atoms with van der Waals surface area (Å²) in [5.41, 5.74) is 0. The van der Waals surface area contributed by atoms with Crippen LogP contribution in [0.5, 0.6) is 0 Å². The maximum atomic E-state index is 12.1. The van der Waals surface area contributed by atoms with Crippen molar-refractivity contribution in [1.29, 1.82) is 0 Å². The highest BCUT2D eigenvalue weighted by atomic mass is 19.4. The van der Waals surface area contributed by atoms with Gasteiger partial charge in [0.05, 0.1) is 0 Å². The number of amides is 1. The van der Waals surface area contributed by atoms with E-state index in [2.05, 4.69) is 11.3 Å². The van der Waals surface area contributed by atoms with Gasteiger partial charge >= 0.3 is 12.1 Å². The van der Waals surface area contributed by atoms with Gasteiger partial charge in [0.25, 0.3) is 5.91 Å². The molecule has 0 saturated heterocycles. The number of ether oxygens (including phenoxy) is 1. The molecule has 0 heterocycles. The minimum Gasteiger partial charge on any atom is -0.456 e. The van der Waals surface area contributed by atoms with E-state index in [1.807, 2.05) is 0 Å². The molecule has 0 N–H and O–H groups in total. The van der Waals surface area contributed by atoms with Crippen LogP contribution in [0.1, 0.15) is 6.92 Å². The average molecular weight is 239 g/mol. The summed E-state index contributed by atoms with van der Waals surface area (Å²) in [7, 11) is 0. The van der Waals surface area contributed by atoms with Gasteiger partial charge in [0, 0.05) is 13.5 Å². The first-order chi connectivity index (χ1) is 7.26. The molecule has 0 fully saturated rings. The highest BCUT2D eigenvalue weighted by Crippen LogP contribution is 2.16. The van der Waals surface area contributed by atoms with Crippen LogP contribution in [0.4, 0.5) is 13.2 Å². The van der Waals surface area contributed by atoms with Gasteiger partial charge in [-0.1, -0.05) is 6.08 Å². The molecule has 92 valence electrons. The van der Waals surface area contributed by atoms with E-state index >= 15 is 0 Å². The van der Waals surface area contributed by atoms with E-state index in [-0.39, 0.29) is 6.54 Å². The second-order valence-corrected chi connectivity index (χ2v) is 2.96. The summed E-state index contributed by atoms with van der Waals surface area (Å²) < 4.78 is 40.5. The monoisotopic (exact) mass is 239 g/mol. The molecular formula is C9H12F3NO3. The number of esters is 1. The minimum atomic E-state index is -4.49. The van der Waals surface area contributed by atoms with E-state index in [9.17, 15) is 22.8 Å². The van der Waals surface area contributed by atoms with Crippen LogP contribution in [0.15, 0.2) is 12.7 Å². The normalized spacial score (nSPS) is 10.8. The van der Waals surface area contributed by atoms with Crippen molar-refractivity contribution >= 4 is 11.9 Å². The minimum absolute atomic E-state index is 0.250. The molecule has 0 rings (SSSR count). The number of carbonyl (C=O) groups excluding carboxylic acids is 2. The van der Waals surface area contributed by atoms with E-state index in [0.717, 1.165) is 13.0 Å². The van der Waals surface area contributed by atoms with Crippen molar-refractivity contribution in [2.75, 3.05) is 19.7 Å². The Morgan fingerprint density at radius 1 is 1.44 bits per heavy atom. The van der Waals surface area contributed by atoms with Crippen LogP contribution in [-0.4, -0.2) is 42.6 Å². The number of nitrogens with zero attached hydrogens (tertiary/aromatic N) is 1.